The van der Waals surface area contributed by atoms with E-state index >= 15 is 0 Å². The van der Waals surface area contributed by atoms with Crippen molar-refractivity contribution in [2.45, 2.75) is 25.4 Å². The van der Waals surface area contributed by atoms with E-state index in [4.69, 9.17) is 23.2 Å². The third kappa shape index (κ3) is 3.11. The summed E-state index contributed by atoms with van der Waals surface area (Å²) in [6.07, 6.45) is 2.56. The summed E-state index contributed by atoms with van der Waals surface area (Å²) < 4.78 is 13.4. The molecule has 19 heavy (non-hydrogen) atoms. The first kappa shape index (κ1) is 13.4. The second-order valence-corrected chi connectivity index (χ2v) is 6.66. The maximum absolute atomic E-state index is 13.4. The minimum Gasteiger partial charge on any atom is -0.309 e. The van der Waals surface area contributed by atoms with E-state index in [1.165, 1.54) is 17.7 Å². The van der Waals surface area contributed by atoms with Gasteiger partial charge in [-0.3, -0.25) is 0 Å². The van der Waals surface area contributed by atoms with Gasteiger partial charge in [0.2, 0.25) is 0 Å². The van der Waals surface area contributed by atoms with Gasteiger partial charge in [0, 0.05) is 22.3 Å². The normalized spacial score (nSPS) is 14.9. The first-order chi connectivity index (χ1) is 9.13. The highest BCUT2D eigenvalue weighted by Crippen LogP contribution is 2.34. The monoisotopic (exact) mass is 315 g/mol. The summed E-state index contributed by atoms with van der Waals surface area (Å²) in [6, 6.07) is 8.04. The van der Waals surface area contributed by atoms with E-state index in [1.807, 2.05) is 6.07 Å². The summed E-state index contributed by atoms with van der Waals surface area (Å²) in [5.74, 6) is -0.556. The van der Waals surface area contributed by atoms with Gasteiger partial charge in [0.05, 0.1) is 10.0 Å². The highest BCUT2D eigenvalue weighted by Gasteiger charge is 2.20. The van der Waals surface area contributed by atoms with Gasteiger partial charge in [-0.2, -0.15) is 0 Å². The van der Waals surface area contributed by atoms with Gasteiger partial charge < -0.3 is 5.32 Å². The van der Waals surface area contributed by atoms with E-state index in [0.29, 0.717) is 6.04 Å². The number of thiophene rings is 1. The van der Waals surface area contributed by atoms with Gasteiger partial charge in [-0.25, -0.2) is 4.39 Å². The molecule has 1 aromatic heterocycles. The average molecular weight is 316 g/mol. The molecule has 0 radical (unpaired) electrons. The Morgan fingerprint density at radius 2 is 1.89 bits per heavy atom. The predicted molar refractivity (Wildman–Crippen MR) is 79.6 cm³/mol. The van der Waals surface area contributed by atoms with Crippen LogP contribution >= 0.6 is 34.5 Å². The van der Waals surface area contributed by atoms with Crippen molar-refractivity contribution in [1.29, 1.82) is 0 Å². The fourth-order valence-electron chi connectivity index (χ4n) is 1.86. The number of hydrogen-bond donors (Lipinski definition) is 1. The van der Waals surface area contributed by atoms with Gasteiger partial charge in [0.15, 0.2) is 5.82 Å². The molecule has 0 aliphatic heterocycles. The highest BCUT2D eigenvalue weighted by molar-refractivity contribution is 7.15. The number of hydrogen-bond acceptors (Lipinski definition) is 2. The summed E-state index contributed by atoms with van der Waals surface area (Å²) in [5.41, 5.74) is 0.860. The van der Waals surface area contributed by atoms with Gasteiger partial charge in [0.25, 0.3) is 0 Å². The van der Waals surface area contributed by atoms with Crippen molar-refractivity contribution in [2.24, 2.45) is 0 Å². The van der Waals surface area contributed by atoms with Gasteiger partial charge >= 0.3 is 0 Å². The zero-order valence-corrected chi connectivity index (χ0v) is 12.4. The van der Waals surface area contributed by atoms with E-state index in [9.17, 15) is 4.39 Å². The van der Waals surface area contributed by atoms with Crippen LogP contribution in [0, 0.1) is 5.82 Å². The second kappa shape index (κ2) is 5.41. The lowest BCUT2D eigenvalue weighted by molar-refractivity contribution is 0.629. The van der Waals surface area contributed by atoms with Crippen molar-refractivity contribution in [3.8, 4) is 10.4 Å². The van der Waals surface area contributed by atoms with Gasteiger partial charge in [0.1, 0.15) is 0 Å². The van der Waals surface area contributed by atoms with Gasteiger partial charge in [-0.05, 0) is 42.7 Å². The maximum atomic E-state index is 13.4. The number of nitrogens with one attached hydrogen (secondary N) is 1. The molecule has 3 rings (SSSR count). The molecule has 1 N–H and O–H groups in total. The summed E-state index contributed by atoms with van der Waals surface area (Å²) in [5, 5.41) is 3.59. The molecule has 1 saturated carbocycles. The first-order valence-corrected chi connectivity index (χ1v) is 7.68. The lowest BCUT2D eigenvalue weighted by Crippen LogP contribution is -2.14. The Morgan fingerprint density at radius 1 is 1.21 bits per heavy atom. The molecule has 0 saturated heterocycles. The lowest BCUT2D eigenvalue weighted by atomic mass is 10.2. The Bertz CT molecular complexity index is 584. The third-order valence-electron chi connectivity index (χ3n) is 3.07. The smallest absolute Gasteiger partial charge is 0.160 e. The SMILES string of the molecule is Fc1c(Cl)cc(-c2ccc(CNC3CC3)s2)cc1Cl. The molecular weight excluding hydrogens is 304 g/mol. The number of benzene rings is 1. The van der Waals surface area contributed by atoms with Gasteiger partial charge in [-0.1, -0.05) is 23.2 Å². The topological polar surface area (TPSA) is 12.0 Å². The van der Waals surface area contributed by atoms with E-state index in [0.717, 1.165) is 17.0 Å². The fraction of sp³-hybridized carbons (Fsp3) is 0.286. The zero-order valence-electron chi connectivity index (χ0n) is 10.1. The van der Waals surface area contributed by atoms with Crippen molar-refractivity contribution >= 4 is 34.5 Å². The van der Waals surface area contributed by atoms with Crippen molar-refractivity contribution < 1.29 is 4.39 Å². The Labute approximate surface area is 125 Å². The van der Waals surface area contributed by atoms with Crippen molar-refractivity contribution in [3.05, 3.63) is 45.0 Å². The summed E-state index contributed by atoms with van der Waals surface area (Å²) in [7, 11) is 0. The van der Waals surface area contributed by atoms with Crippen LogP contribution in [0.15, 0.2) is 24.3 Å². The molecule has 5 heteroatoms. The van der Waals surface area contributed by atoms with Crippen LogP contribution in [0.3, 0.4) is 0 Å². The van der Waals surface area contributed by atoms with Crippen molar-refractivity contribution in [2.75, 3.05) is 0 Å². The molecular formula is C14H12Cl2FNS. The molecule has 1 aromatic carbocycles. The number of rotatable bonds is 4. The molecule has 1 aliphatic rings. The minimum atomic E-state index is -0.556. The van der Waals surface area contributed by atoms with Crippen LogP contribution in [0.1, 0.15) is 17.7 Å². The standard InChI is InChI=1S/C14H12Cl2FNS/c15-11-5-8(6-12(16)14(11)17)13-4-3-10(19-13)7-18-9-1-2-9/h3-6,9,18H,1-2,7H2. The van der Waals surface area contributed by atoms with Crippen LogP contribution in [-0.2, 0) is 6.54 Å². The van der Waals surface area contributed by atoms with Crippen molar-refractivity contribution in [1.82, 2.24) is 5.32 Å². The summed E-state index contributed by atoms with van der Waals surface area (Å²) >= 11 is 13.3. The van der Waals surface area contributed by atoms with E-state index in [-0.39, 0.29) is 10.0 Å². The van der Waals surface area contributed by atoms with Gasteiger partial charge in [-0.15, -0.1) is 11.3 Å². The molecule has 1 heterocycles. The molecule has 0 atom stereocenters. The van der Waals surface area contributed by atoms with Crippen LogP contribution < -0.4 is 5.32 Å². The molecule has 0 spiro atoms. The van der Waals surface area contributed by atoms with Crippen LogP contribution in [0.25, 0.3) is 10.4 Å². The molecule has 2 aromatic rings. The van der Waals surface area contributed by atoms with Crippen LogP contribution in [0.5, 0.6) is 0 Å². The van der Waals surface area contributed by atoms with E-state index in [2.05, 4.69) is 11.4 Å². The summed E-state index contributed by atoms with van der Waals surface area (Å²) in [6.45, 7) is 0.887. The first-order valence-electron chi connectivity index (χ1n) is 6.10. The quantitative estimate of drug-likeness (QED) is 0.773. The zero-order chi connectivity index (χ0) is 13.4. The average Bonchev–Trinajstić information content (AvgIpc) is 3.10. The number of halogens is 3. The largest absolute Gasteiger partial charge is 0.309 e. The third-order valence-corrected chi connectivity index (χ3v) is 4.76. The maximum Gasteiger partial charge on any atom is 0.160 e. The highest BCUT2D eigenvalue weighted by atomic mass is 35.5. The fourth-order valence-corrected chi connectivity index (χ4v) is 3.29. The molecule has 100 valence electrons. The minimum absolute atomic E-state index is 0.0635. The Kier molecular flexibility index (Phi) is 3.81. The Balaban J connectivity index is 1.81. The van der Waals surface area contributed by atoms with Crippen LogP contribution in [0.4, 0.5) is 4.39 Å². The Hall–Kier alpha value is -0.610. The molecule has 0 unspecified atom stereocenters. The van der Waals surface area contributed by atoms with E-state index < -0.39 is 5.82 Å². The Morgan fingerprint density at radius 3 is 2.53 bits per heavy atom. The van der Waals surface area contributed by atoms with Crippen LogP contribution in [0.2, 0.25) is 10.0 Å². The molecule has 1 nitrogen and oxygen atoms in total. The molecule has 0 amide bonds. The van der Waals surface area contributed by atoms with E-state index in [1.54, 1.807) is 23.5 Å². The molecule has 1 aliphatic carbocycles. The van der Waals surface area contributed by atoms with Crippen molar-refractivity contribution in [3.63, 3.8) is 0 Å². The molecule has 0 bridgehead atoms. The molecule has 1 fully saturated rings. The second-order valence-electron chi connectivity index (χ2n) is 4.68. The summed E-state index contributed by atoms with van der Waals surface area (Å²) in [4.78, 5) is 2.31. The van der Waals surface area contributed by atoms with Crippen LogP contribution in [-0.4, -0.2) is 6.04 Å². The predicted octanol–water partition coefficient (Wildman–Crippen LogP) is 5.11. The lowest BCUT2D eigenvalue weighted by Gasteiger charge is -2.02.